The fourth-order valence-corrected chi connectivity index (χ4v) is 3.22. The van der Waals surface area contributed by atoms with Crippen molar-refractivity contribution in [1.82, 2.24) is 25.1 Å². The molecule has 0 radical (unpaired) electrons. The number of imidazole rings is 1. The normalized spacial score (nSPS) is 16.6. The van der Waals surface area contributed by atoms with Crippen LogP contribution in [0.4, 0.5) is 0 Å². The van der Waals surface area contributed by atoms with E-state index in [2.05, 4.69) is 36.4 Å². The van der Waals surface area contributed by atoms with Crippen molar-refractivity contribution in [3.05, 3.63) is 16.1 Å². The minimum absolute atomic E-state index is 0.213. The van der Waals surface area contributed by atoms with Gasteiger partial charge in [-0.3, -0.25) is 14.5 Å². The highest BCUT2D eigenvalue weighted by Gasteiger charge is 2.34. The van der Waals surface area contributed by atoms with Crippen LogP contribution in [0.15, 0.2) is 4.73 Å². The van der Waals surface area contributed by atoms with Crippen LogP contribution >= 0.6 is 15.9 Å². The van der Waals surface area contributed by atoms with Gasteiger partial charge >= 0.3 is 0 Å². The number of hydrogen-bond acceptors (Lipinski definition) is 4. The second kappa shape index (κ2) is 6.60. The second-order valence-corrected chi connectivity index (χ2v) is 7.66. The van der Waals surface area contributed by atoms with Crippen LogP contribution in [0, 0.1) is 5.41 Å². The van der Waals surface area contributed by atoms with Crippen molar-refractivity contribution in [1.29, 1.82) is 0 Å². The van der Waals surface area contributed by atoms with Gasteiger partial charge in [-0.2, -0.15) is 0 Å². The van der Waals surface area contributed by atoms with Crippen LogP contribution in [-0.4, -0.2) is 52.9 Å². The first-order chi connectivity index (χ1) is 10.6. The predicted molar refractivity (Wildman–Crippen MR) is 91.0 cm³/mol. The number of nitrogens with one attached hydrogen (secondary N) is 2. The molecule has 1 aliphatic heterocycles. The van der Waals surface area contributed by atoms with Crippen LogP contribution < -0.4 is 10.6 Å². The van der Waals surface area contributed by atoms with E-state index in [1.165, 1.54) is 0 Å². The largest absolute Gasteiger partial charge is 0.357 e. The number of nitrogens with zero attached hydrogens (tertiary/aromatic N) is 3. The number of amides is 2. The summed E-state index contributed by atoms with van der Waals surface area (Å²) in [7, 11) is 3.58. The summed E-state index contributed by atoms with van der Waals surface area (Å²) in [4.78, 5) is 31.3. The Morgan fingerprint density at radius 2 is 1.96 bits per heavy atom. The van der Waals surface area contributed by atoms with Gasteiger partial charge in [0.25, 0.3) is 5.91 Å². The van der Waals surface area contributed by atoms with E-state index in [0.717, 1.165) is 18.8 Å². The van der Waals surface area contributed by atoms with Gasteiger partial charge in [0.2, 0.25) is 5.91 Å². The maximum atomic E-state index is 12.7. The molecule has 0 saturated heterocycles. The van der Waals surface area contributed by atoms with Crippen molar-refractivity contribution < 1.29 is 9.59 Å². The van der Waals surface area contributed by atoms with E-state index in [-0.39, 0.29) is 11.8 Å². The monoisotopic (exact) mass is 385 g/mol. The lowest BCUT2D eigenvalue weighted by Gasteiger charge is -2.30. The maximum Gasteiger partial charge on any atom is 0.272 e. The standard InChI is InChI=1S/C15H24BrN5O2/c1-15(2,3)11(13(23)17-4)19-12(22)10-9-8-20(5)6-7-21(9)14(16)18-10/h11H,6-8H2,1-5H3,(H,17,23)(H,19,22). The molecular weight excluding hydrogens is 362 g/mol. The fraction of sp³-hybridized carbons (Fsp3) is 0.667. The Hall–Kier alpha value is -1.41. The van der Waals surface area contributed by atoms with Crippen molar-refractivity contribution in [2.24, 2.45) is 5.41 Å². The van der Waals surface area contributed by atoms with E-state index in [4.69, 9.17) is 0 Å². The Kier molecular flexibility index (Phi) is 5.15. The summed E-state index contributed by atoms with van der Waals surface area (Å²) in [5, 5.41) is 5.44. The van der Waals surface area contributed by atoms with Gasteiger partial charge in [0.05, 0.1) is 5.69 Å². The summed E-state index contributed by atoms with van der Waals surface area (Å²) in [6.07, 6.45) is 0. The minimum atomic E-state index is -0.627. The molecule has 0 fully saturated rings. The summed E-state index contributed by atoms with van der Waals surface area (Å²) in [5.41, 5.74) is 0.845. The van der Waals surface area contributed by atoms with Gasteiger partial charge < -0.3 is 15.2 Å². The molecule has 1 aromatic rings. The Morgan fingerprint density at radius 1 is 1.30 bits per heavy atom. The average molecular weight is 386 g/mol. The molecule has 0 aliphatic carbocycles. The summed E-state index contributed by atoms with van der Waals surface area (Å²) < 4.78 is 2.65. The van der Waals surface area contributed by atoms with Crippen LogP contribution in [0.2, 0.25) is 0 Å². The number of likely N-dealkylation sites (N-methyl/N-ethyl adjacent to an activating group) is 2. The minimum Gasteiger partial charge on any atom is -0.357 e. The van der Waals surface area contributed by atoms with Gasteiger partial charge in [-0.25, -0.2) is 4.98 Å². The zero-order valence-corrected chi connectivity index (χ0v) is 15.8. The van der Waals surface area contributed by atoms with Crippen LogP contribution in [-0.2, 0) is 17.9 Å². The molecule has 1 aliphatic rings. The average Bonchev–Trinajstić information content (AvgIpc) is 2.79. The van der Waals surface area contributed by atoms with Crippen LogP contribution in [0.1, 0.15) is 37.0 Å². The lowest BCUT2D eigenvalue weighted by Crippen LogP contribution is -2.53. The molecule has 8 heteroatoms. The quantitative estimate of drug-likeness (QED) is 0.812. The summed E-state index contributed by atoms with van der Waals surface area (Å²) in [6, 6.07) is -0.627. The van der Waals surface area contributed by atoms with E-state index in [1.54, 1.807) is 7.05 Å². The van der Waals surface area contributed by atoms with Crippen molar-refractivity contribution >= 4 is 27.7 Å². The number of rotatable bonds is 3. The smallest absolute Gasteiger partial charge is 0.272 e. The summed E-state index contributed by atoms with van der Waals surface area (Å²) in [5.74, 6) is -0.534. The van der Waals surface area contributed by atoms with Crippen LogP contribution in [0.25, 0.3) is 0 Å². The fourth-order valence-electron chi connectivity index (χ4n) is 2.65. The third-order valence-electron chi connectivity index (χ3n) is 4.02. The molecule has 23 heavy (non-hydrogen) atoms. The zero-order valence-electron chi connectivity index (χ0n) is 14.2. The van der Waals surface area contributed by atoms with E-state index in [0.29, 0.717) is 17.0 Å². The third-order valence-corrected chi connectivity index (χ3v) is 4.62. The molecule has 0 saturated carbocycles. The Bertz CT molecular complexity index is 620. The highest BCUT2D eigenvalue weighted by atomic mass is 79.9. The molecule has 2 amide bonds. The summed E-state index contributed by atoms with van der Waals surface area (Å²) in [6.45, 7) is 8.09. The third kappa shape index (κ3) is 3.74. The summed E-state index contributed by atoms with van der Waals surface area (Å²) >= 11 is 3.41. The second-order valence-electron chi connectivity index (χ2n) is 6.95. The molecule has 7 nitrogen and oxygen atoms in total. The van der Waals surface area contributed by atoms with Gasteiger partial charge in [-0.15, -0.1) is 0 Å². The highest BCUT2D eigenvalue weighted by molar-refractivity contribution is 9.10. The number of halogens is 1. The maximum absolute atomic E-state index is 12.7. The predicted octanol–water partition coefficient (Wildman–Crippen LogP) is 0.981. The molecule has 2 rings (SSSR count). The molecule has 2 heterocycles. The Labute approximate surface area is 144 Å². The first-order valence-electron chi connectivity index (χ1n) is 7.61. The van der Waals surface area contributed by atoms with E-state index in [1.807, 2.05) is 32.4 Å². The molecule has 1 unspecified atom stereocenters. The Morgan fingerprint density at radius 3 is 2.52 bits per heavy atom. The van der Waals surface area contributed by atoms with Crippen LogP contribution in [0.3, 0.4) is 0 Å². The van der Waals surface area contributed by atoms with E-state index in [9.17, 15) is 9.59 Å². The van der Waals surface area contributed by atoms with Gasteiger partial charge in [-0.1, -0.05) is 20.8 Å². The van der Waals surface area contributed by atoms with Crippen LogP contribution in [0.5, 0.6) is 0 Å². The number of carbonyl (C=O) groups is 2. The molecule has 1 atom stereocenters. The molecule has 0 spiro atoms. The highest BCUT2D eigenvalue weighted by Crippen LogP contribution is 2.24. The van der Waals surface area contributed by atoms with Crippen molar-refractivity contribution in [2.45, 2.75) is 39.9 Å². The lowest BCUT2D eigenvalue weighted by atomic mass is 9.86. The molecule has 1 aromatic heterocycles. The van der Waals surface area contributed by atoms with Gasteiger partial charge in [-0.05, 0) is 28.4 Å². The SMILES string of the molecule is CNC(=O)C(NC(=O)c1nc(Br)n2c1CN(C)CC2)C(C)(C)C. The zero-order chi connectivity index (χ0) is 17.4. The number of fused-ring (bicyclic) bond motifs is 1. The molecule has 2 N–H and O–H groups in total. The van der Waals surface area contributed by atoms with E-state index >= 15 is 0 Å². The topological polar surface area (TPSA) is 79.3 Å². The number of hydrogen-bond donors (Lipinski definition) is 2. The Balaban J connectivity index is 2.29. The van der Waals surface area contributed by atoms with Gasteiger partial charge in [0.15, 0.2) is 10.4 Å². The first-order valence-corrected chi connectivity index (χ1v) is 8.40. The molecule has 128 valence electrons. The van der Waals surface area contributed by atoms with Gasteiger partial charge in [0, 0.05) is 26.7 Å². The molecular formula is C15H24BrN5O2. The van der Waals surface area contributed by atoms with E-state index < -0.39 is 11.5 Å². The molecule has 0 bridgehead atoms. The first kappa shape index (κ1) is 17.9. The van der Waals surface area contributed by atoms with Gasteiger partial charge in [0.1, 0.15) is 6.04 Å². The van der Waals surface area contributed by atoms with Crippen molar-refractivity contribution in [3.63, 3.8) is 0 Å². The van der Waals surface area contributed by atoms with Crippen molar-refractivity contribution in [3.8, 4) is 0 Å². The number of aromatic nitrogens is 2. The van der Waals surface area contributed by atoms with Crippen molar-refractivity contribution in [2.75, 3.05) is 20.6 Å². The molecule has 0 aromatic carbocycles. The lowest BCUT2D eigenvalue weighted by molar-refractivity contribution is -0.124. The number of carbonyl (C=O) groups excluding carboxylic acids is 2.